The summed E-state index contributed by atoms with van der Waals surface area (Å²) in [7, 11) is 0. The summed E-state index contributed by atoms with van der Waals surface area (Å²) in [6, 6.07) is 7.41. The number of hydrogen-bond acceptors (Lipinski definition) is 6. The summed E-state index contributed by atoms with van der Waals surface area (Å²) in [5.74, 6) is 2.32. The molecule has 0 spiro atoms. The maximum Gasteiger partial charge on any atom is 0.232 e. The van der Waals surface area contributed by atoms with E-state index in [4.69, 9.17) is 9.26 Å². The monoisotopic (exact) mass is 356 g/mol. The lowest BCUT2D eigenvalue weighted by Crippen LogP contribution is -2.44. The predicted molar refractivity (Wildman–Crippen MR) is 95.7 cm³/mol. The molecule has 1 aliphatic carbocycles. The second-order valence-electron chi connectivity index (χ2n) is 7.23. The molecule has 1 aliphatic heterocycles. The number of anilines is 1. The lowest BCUT2D eigenvalue weighted by Gasteiger charge is -2.37. The highest BCUT2D eigenvalue weighted by molar-refractivity contribution is 5.96. The number of hydrogen-bond donors (Lipinski definition) is 2. The highest BCUT2D eigenvalue weighted by Crippen LogP contribution is 2.44. The summed E-state index contributed by atoms with van der Waals surface area (Å²) in [6.07, 6.45) is 4.48. The Morgan fingerprint density at radius 2 is 2.23 bits per heavy atom. The van der Waals surface area contributed by atoms with Gasteiger partial charge in [0.05, 0.1) is 5.41 Å². The van der Waals surface area contributed by atoms with Gasteiger partial charge in [-0.15, -0.1) is 0 Å². The number of rotatable bonds is 5. The highest BCUT2D eigenvalue weighted by atomic mass is 16.5. The van der Waals surface area contributed by atoms with Gasteiger partial charge in [0.25, 0.3) is 0 Å². The van der Waals surface area contributed by atoms with Crippen molar-refractivity contribution in [2.45, 2.75) is 39.2 Å². The van der Waals surface area contributed by atoms with Crippen molar-refractivity contribution < 1.29 is 14.1 Å². The predicted octanol–water partition coefficient (Wildman–Crippen LogP) is 2.68. The van der Waals surface area contributed by atoms with E-state index >= 15 is 0 Å². The molecule has 1 aromatic heterocycles. The number of aryl methyl sites for hydroxylation is 1. The molecule has 2 heterocycles. The van der Waals surface area contributed by atoms with E-state index in [-0.39, 0.29) is 17.9 Å². The van der Waals surface area contributed by atoms with Crippen molar-refractivity contribution in [1.82, 2.24) is 15.5 Å². The summed E-state index contributed by atoms with van der Waals surface area (Å²) >= 11 is 0. The Kier molecular flexibility index (Phi) is 4.63. The largest absolute Gasteiger partial charge is 0.485 e. The Labute approximate surface area is 152 Å². The number of amides is 1. The molecule has 2 fully saturated rings. The third-order valence-corrected chi connectivity index (χ3v) is 5.54. The van der Waals surface area contributed by atoms with E-state index in [1.165, 1.54) is 6.42 Å². The summed E-state index contributed by atoms with van der Waals surface area (Å²) in [4.78, 5) is 17.1. The van der Waals surface area contributed by atoms with Crippen molar-refractivity contribution in [3.63, 3.8) is 0 Å². The smallest absolute Gasteiger partial charge is 0.232 e. The third-order valence-electron chi connectivity index (χ3n) is 5.54. The summed E-state index contributed by atoms with van der Waals surface area (Å²) < 4.78 is 10.6. The average molecular weight is 356 g/mol. The van der Waals surface area contributed by atoms with E-state index in [0.717, 1.165) is 38.0 Å². The molecular weight excluding hydrogens is 332 g/mol. The Bertz CT molecular complexity index is 773. The van der Waals surface area contributed by atoms with E-state index in [9.17, 15) is 4.79 Å². The fourth-order valence-corrected chi connectivity index (χ4v) is 4.13. The van der Waals surface area contributed by atoms with Gasteiger partial charge in [-0.2, -0.15) is 4.98 Å². The Balaban J connectivity index is 1.37. The molecule has 2 atom stereocenters. The topological polar surface area (TPSA) is 89.3 Å². The molecule has 0 unspecified atom stereocenters. The Hall–Kier alpha value is -2.41. The van der Waals surface area contributed by atoms with Gasteiger partial charge in [0.15, 0.2) is 6.61 Å². The first-order valence-electron chi connectivity index (χ1n) is 9.20. The minimum atomic E-state index is -0.246. The normalized spacial score (nSPS) is 24.9. The van der Waals surface area contributed by atoms with Crippen molar-refractivity contribution in [2.24, 2.45) is 11.3 Å². The van der Waals surface area contributed by atoms with Crippen LogP contribution in [0.15, 0.2) is 28.8 Å². The summed E-state index contributed by atoms with van der Waals surface area (Å²) in [5, 5.41) is 10.3. The molecule has 2 aromatic rings. The highest BCUT2D eigenvalue weighted by Gasteiger charge is 2.49. The molecule has 7 heteroatoms. The van der Waals surface area contributed by atoms with Crippen LogP contribution in [0.2, 0.25) is 0 Å². The molecule has 7 nitrogen and oxygen atoms in total. The van der Waals surface area contributed by atoms with Gasteiger partial charge in [-0.05, 0) is 49.6 Å². The van der Waals surface area contributed by atoms with Gasteiger partial charge in [-0.3, -0.25) is 4.79 Å². The lowest BCUT2D eigenvalue weighted by atomic mass is 9.67. The van der Waals surface area contributed by atoms with Gasteiger partial charge in [0.2, 0.25) is 17.6 Å². The molecule has 1 amide bonds. The Morgan fingerprint density at radius 3 is 3.00 bits per heavy atom. The molecule has 1 saturated carbocycles. The van der Waals surface area contributed by atoms with Crippen LogP contribution in [0.4, 0.5) is 5.69 Å². The summed E-state index contributed by atoms with van der Waals surface area (Å²) in [6.45, 7) is 3.73. The number of carbonyl (C=O) groups is 1. The van der Waals surface area contributed by atoms with Crippen LogP contribution in [0, 0.1) is 18.3 Å². The number of nitrogens with one attached hydrogen (secondary N) is 2. The molecule has 1 saturated heterocycles. The SMILES string of the molecule is Cc1nc(COc2ccc(NC(=O)[C@@]34CCCC[C@H]3CNC4)cc2)no1. The van der Waals surface area contributed by atoms with Crippen LogP contribution in [-0.2, 0) is 11.4 Å². The zero-order chi connectivity index (χ0) is 18.0. The van der Waals surface area contributed by atoms with Gasteiger partial charge in [0.1, 0.15) is 5.75 Å². The molecule has 138 valence electrons. The molecule has 0 radical (unpaired) electrons. The van der Waals surface area contributed by atoms with Crippen molar-refractivity contribution in [1.29, 1.82) is 0 Å². The zero-order valence-corrected chi connectivity index (χ0v) is 15.0. The van der Waals surface area contributed by atoms with Crippen molar-refractivity contribution in [2.75, 3.05) is 18.4 Å². The van der Waals surface area contributed by atoms with E-state index in [1.807, 2.05) is 24.3 Å². The van der Waals surface area contributed by atoms with E-state index in [1.54, 1.807) is 6.92 Å². The average Bonchev–Trinajstić information content (AvgIpc) is 3.28. The van der Waals surface area contributed by atoms with Crippen molar-refractivity contribution >= 4 is 11.6 Å². The number of aromatic nitrogens is 2. The zero-order valence-electron chi connectivity index (χ0n) is 15.0. The first-order chi connectivity index (χ1) is 12.7. The first-order valence-corrected chi connectivity index (χ1v) is 9.20. The van der Waals surface area contributed by atoms with Crippen molar-refractivity contribution in [3.05, 3.63) is 36.0 Å². The van der Waals surface area contributed by atoms with Crippen LogP contribution in [-0.4, -0.2) is 29.1 Å². The van der Waals surface area contributed by atoms with Crippen LogP contribution in [0.5, 0.6) is 5.75 Å². The van der Waals surface area contributed by atoms with Gasteiger partial charge in [-0.25, -0.2) is 0 Å². The molecular formula is C19H24N4O3. The third kappa shape index (κ3) is 3.31. The molecule has 2 aliphatic rings. The minimum Gasteiger partial charge on any atom is -0.485 e. The number of ether oxygens (including phenoxy) is 1. The summed E-state index contributed by atoms with van der Waals surface area (Å²) in [5.41, 5.74) is 0.549. The first kappa shape index (κ1) is 17.0. The number of nitrogens with zero attached hydrogens (tertiary/aromatic N) is 2. The van der Waals surface area contributed by atoms with Gasteiger partial charge in [0, 0.05) is 19.2 Å². The molecule has 1 aromatic carbocycles. The maximum atomic E-state index is 13.0. The quantitative estimate of drug-likeness (QED) is 0.856. The standard InChI is InChI=1S/C19H24N4O3/c1-13-21-17(23-26-13)11-25-16-7-5-15(6-8-16)22-18(24)19-9-3-2-4-14(19)10-20-12-19/h5-8,14,20H,2-4,9-12H2,1H3,(H,22,24)/t14-,19+/m0/s1. The Morgan fingerprint density at radius 1 is 1.38 bits per heavy atom. The second kappa shape index (κ2) is 7.07. The molecule has 26 heavy (non-hydrogen) atoms. The molecule has 0 bridgehead atoms. The fourth-order valence-electron chi connectivity index (χ4n) is 4.13. The second-order valence-corrected chi connectivity index (χ2v) is 7.23. The van der Waals surface area contributed by atoms with Gasteiger partial charge < -0.3 is 19.9 Å². The molecule has 4 rings (SSSR count). The van der Waals surface area contributed by atoms with E-state index in [2.05, 4.69) is 20.8 Å². The minimum absolute atomic E-state index is 0.142. The van der Waals surface area contributed by atoms with Crippen LogP contribution in [0.25, 0.3) is 0 Å². The van der Waals surface area contributed by atoms with Gasteiger partial charge >= 0.3 is 0 Å². The van der Waals surface area contributed by atoms with E-state index in [0.29, 0.717) is 23.4 Å². The van der Waals surface area contributed by atoms with Crippen LogP contribution < -0.4 is 15.4 Å². The maximum absolute atomic E-state index is 13.0. The van der Waals surface area contributed by atoms with E-state index < -0.39 is 0 Å². The van der Waals surface area contributed by atoms with Crippen molar-refractivity contribution in [3.8, 4) is 5.75 Å². The fraction of sp³-hybridized carbons (Fsp3) is 0.526. The van der Waals surface area contributed by atoms with Crippen LogP contribution >= 0.6 is 0 Å². The lowest BCUT2D eigenvalue weighted by molar-refractivity contribution is -0.128. The number of carbonyl (C=O) groups excluding carboxylic acids is 1. The van der Waals surface area contributed by atoms with Crippen LogP contribution in [0.3, 0.4) is 0 Å². The number of benzene rings is 1. The van der Waals surface area contributed by atoms with Crippen LogP contribution in [0.1, 0.15) is 37.4 Å². The molecule has 2 N–H and O–H groups in total. The van der Waals surface area contributed by atoms with Gasteiger partial charge in [-0.1, -0.05) is 18.0 Å². The number of fused-ring (bicyclic) bond motifs is 1.